The molecule has 1 aliphatic rings. The van der Waals surface area contributed by atoms with Gasteiger partial charge in [-0.05, 0) is 27.2 Å². The second kappa shape index (κ2) is 5.25. The number of hydrogen-bond acceptors (Lipinski definition) is 4. The van der Waals surface area contributed by atoms with Crippen molar-refractivity contribution >= 4 is 0 Å². The number of hydrogen-bond donors (Lipinski definition) is 2. The Morgan fingerprint density at radius 2 is 2.20 bits per heavy atom. The molecule has 0 aliphatic carbocycles. The van der Waals surface area contributed by atoms with Crippen LogP contribution in [0.15, 0.2) is 0 Å². The van der Waals surface area contributed by atoms with Crippen LogP contribution in [0.4, 0.5) is 0 Å². The maximum Gasteiger partial charge on any atom is 0.0948 e. The summed E-state index contributed by atoms with van der Waals surface area (Å²) in [5.41, 5.74) is -0.128. The van der Waals surface area contributed by atoms with Gasteiger partial charge in [-0.25, -0.2) is 0 Å². The number of aliphatic hydroxyl groups is 1. The predicted octanol–water partition coefficient (Wildman–Crippen LogP) is 0.539. The van der Waals surface area contributed by atoms with E-state index >= 15 is 0 Å². The van der Waals surface area contributed by atoms with E-state index in [1.807, 2.05) is 0 Å². The van der Waals surface area contributed by atoms with Gasteiger partial charge in [0.2, 0.25) is 0 Å². The molecule has 1 rings (SSSR count). The van der Waals surface area contributed by atoms with Crippen molar-refractivity contribution in [2.45, 2.75) is 51.0 Å². The Morgan fingerprint density at radius 3 is 2.67 bits per heavy atom. The third-order valence-electron chi connectivity index (χ3n) is 2.90. The molecule has 90 valence electrons. The van der Waals surface area contributed by atoms with Gasteiger partial charge in [-0.3, -0.25) is 0 Å². The van der Waals surface area contributed by atoms with E-state index < -0.39 is 0 Å². The Morgan fingerprint density at radius 1 is 1.53 bits per heavy atom. The second-order valence-electron chi connectivity index (χ2n) is 4.95. The number of methoxy groups -OCH3 is 1. The van der Waals surface area contributed by atoms with Crippen LogP contribution < -0.4 is 5.32 Å². The Labute approximate surface area is 92.0 Å². The number of nitrogens with one attached hydrogen (secondary N) is 1. The van der Waals surface area contributed by atoms with Crippen LogP contribution in [0.5, 0.6) is 0 Å². The van der Waals surface area contributed by atoms with E-state index in [1.54, 1.807) is 7.11 Å². The van der Waals surface area contributed by atoms with Crippen molar-refractivity contribution in [3.05, 3.63) is 0 Å². The molecule has 3 unspecified atom stereocenters. The fraction of sp³-hybridized carbons (Fsp3) is 1.00. The highest BCUT2D eigenvalue weighted by Gasteiger charge is 2.29. The fourth-order valence-corrected chi connectivity index (χ4v) is 1.95. The molecule has 1 saturated heterocycles. The van der Waals surface area contributed by atoms with Crippen LogP contribution in [-0.4, -0.2) is 49.2 Å². The number of aliphatic hydroxyl groups excluding tert-OH is 1. The van der Waals surface area contributed by atoms with Gasteiger partial charge in [-0.15, -0.1) is 0 Å². The first kappa shape index (κ1) is 12.9. The molecule has 0 aromatic heterocycles. The summed E-state index contributed by atoms with van der Waals surface area (Å²) in [6.45, 7) is 7.27. The minimum Gasteiger partial charge on any atom is -0.389 e. The van der Waals surface area contributed by atoms with Crippen LogP contribution in [0.2, 0.25) is 0 Å². The van der Waals surface area contributed by atoms with Crippen LogP contribution in [0.3, 0.4) is 0 Å². The lowest BCUT2D eigenvalue weighted by molar-refractivity contribution is 0.00637. The molecular weight excluding hydrogens is 194 g/mol. The van der Waals surface area contributed by atoms with Crippen LogP contribution in [0.25, 0.3) is 0 Å². The van der Waals surface area contributed by atoms with E-state index in [-0.39, 0.29) is 17.7 Å². The normalized spacial score (nSPS) is 29.4. The largest absolute Gasteiger partial charge is 0.389 e. The van der Waals surface area contributed by atoms with Crippen molar-refractivity contribution in [3.63, 3.8) is 0 Å². The zero-order valence-electron chi connectivity index (χ0n) is 10.1. The first-order valence-corrected chi connectivity index (χ1v) is 5.51. The SMILES string of the molecule is COC(C)(C)CC(C)NC1COCC1O. The first-order chi connectivity index (χ1) is 6.94. The summed E-state index contributed by atoms with van der Waals surface area (Å²) in [5.74, 6) is 0. The molecule has 3 atom stereocenters. The predicted molar refractivity (Wildman–Crippen MR) is 58.9 cm³/mol. The van der Waals surface area contributed by atoms with E-state index in [9.17, 15) is 5.11 Å². The molecule has 15 heavy (non-hydrogen) atoms. The molecular formula is C11H23NO3. The molecule has 0 aromatic carbocycles. The summed E-state index contributed by atoms with van der Waals surface area (Å²) >= 11 is 0. The Hall–Kier alpha value is -0.160. The average Bonchev–Trinajstić information content (AvgIpc) is 2.51. The summed E-state index contributed by atoms with van der Waals surface area (Å²) in [6, 6.07) is 0.369. The molecule has 0 bridgehead atoms. The van der Waals surface area contributed by atoms with E-state index in [0.29, 0.717) is 19.3 Å². The van der Waals surface area contributed by atoms with Crippen LogP contribution >= 0.6 is 0 Å². The highest BCUT2D eigenvalue weighted by Crippen LogP contribution is 2.16. The summed E-state index contributed by atoms with van der Waals surface area (Å²) in [4.78, 5) is 0. The minimum atomic E-state index is -0.377. The smallest absolute Gasteiger partial charge is 0.0948 e. The zero-order chi connectivity index (χ0) is 11.5. The van der Waals surface area contributed by atoms with Gasteiger partial charge < -0.3 is 19.9 Å². The maximum absolute atomic E-state index is 9.57. The summed E-state index contributed by atoms with van der Waals surface area (Å²) in [5, 5.41) is 12.9. The maximum atomic E-state index is 9.57. The van der Waals surface area contributed by atoms with E-state index in [2.05, 4.69) is 26.1 Å². The lowest BCUT2D eigenvalue weighted by Gasteiger charge is -2.29. The molecule has 0 saturated carbocycles. The van der Waals surface area contributed by atoms with Crippen molar-refractivity contribution in [2.75, 3.05) is 20.3 Å². The average molecular weight is 217 g/mol. The van der Waals surface area contributed by atoms with Gasteiger partial charge in [0.05, 0.1) is 31.0 Å². The molecule has 4 nitrogen and oxygen atoms in total. The lowest BCUT2D eigenvalue weighted by Crippen LogP contribution is -2.46. The minimum absolute atomic E-state index is 0.0626. The Kier molecular flexibility index (Phi) is 4.52. The van der Waals surface area contributed by atoms with Crippen molar-refractivity contribution < 1.29 is 14.6 Å². The number of ether oxygens (including phenoxy) is 2. The highest BCUT2D eigenvalue weighted by atomic mass is 16.5. The van der Waals surface area contributed by atoms with Gasteiger partial charge in [0, 0.05) is 13.2 Å². The van der Waals surface area contributed by atoms with Crippen molar-refractivity contribution in [1.82, 2.24) is 5.32 Å². The fourth-order valence-electron chi connectivity index (χ4n) is 1.95. The monoisotopic (exact) mass is 217 g/mol. The molecule has 2 N–H and O–H groups in total. The Bertz CT molecular complexity index is 196. The van der Waals surface area contributed by atoms with Gasteiger partial charge in [0.1, 0.15) is 0 Å². The van der Waals surface area contributed by atoms with E-state index in [4.69, 9.17) is 9.47 Å². The first-order valence-electron chi connectivity index (χ1n) is 5.51. The molecule has 4 heteroatoms. The molecule has 1 heterocycles. The summed E-state index contributed by atoms with van der Waals surface area (Å²) in [7, 11) is 1.72. The lowest BCUT2D eigenvalue weighted by atomic mass is 9.99. The third-order valence-corrected chi connectivity index (χ3v) is 2.90. The molecule has 1 fully saturated rings. The van der Waals surface area contributed by atoms with Crippen LogP contribution in [0, 0.1) is 0 Å². The quantitative estimate of drug-likeness (QED) is 0.705. The number of rotatable bonds is 5. The van der Waals surface area contributed by atoms with Gasteiger partial charge in [0.25, 0.3) is 0 Å². The standard InChI is InChI=1S/C11H23NO3/c1-8(5-11(2,3)14-4)12-9-6-15-7-10(9)13/h8-10,12-13H,5-7H2,1-4H3. The molecule has 0 spiro atoms. The van der Waals surface area contributed by atoms with Crippen molar-refractivity contribution in [2.24, 2.45) is 0 Å². The topological polar surface area (TPSA) is 50.7 Å². The van der Waals surface area contributed by atoms with Gasteiger partial charge in [-0.1, -0.05) is 0 Å². The van der Waals surface area contributed by atoms with Crippen LogP contribution in [0.1, 0.15) is 27.2 Å². The summed E-state index contributed by atoms with van der Waals surface area (Å²) in [6.07, 6.45) is 0.533. The summed E-state index contributed by atoms with van der Waals surface area (Å²) < 4.78 is 10.5. The van der Waals surface area contributed by atoms with E-state index in [1.165, 1.54) is 0 Å². The highest BCUT2D eigenvalue weighted by molar-refractivity contribution is 4.85. The zero-order valence-corrected chi connectivity index (χ0v) is 10.1. The van der Waals surface area contributed by atoms with Gasteiger partial charge in [0.15, 0.2) is 0 Å². The molecule has 1 aliphatic heterocycles. The second-order valence-corrected chi connectivity index (χ2v) is 4.95. The van der Waals surface area contributed by atoms with Crippen molar-refractivity contribution in [3.8, 4) is 0 Å². The third kappa shape index (κ3) is 4.07. The Balaban J connectivity index is 2.32. The van der Waals surface area contributed by atoms with Gasteiger partial charge >= 0.3 is 0 Å². The van der Waals surface area contributed by atoms with Crippen LogP contribution in [-0.2, 0) is 9.47 Å². The van der Waals surface area contributed by atoms with E-state index in [0.717, 1.165) is 6.42 Å². The van der Waals surface area contributed by atoms with Gasteiger partial charge in [-0.2, -0.15) is 0 Å². The molecule has 0 aromatic rings. The molecule has 0 amide bonds. The van der Waals surface area contributed by atoms with Crippen molar-refractivity contribution in [1.29, 1.82) is 0 Å². The molecule has 0 radical (unpaired) electrons.